The standard InChI is InChI=1S/C14H11Br2NO3/c1-9-2-3-14(10(4-9)8-15)20-13-6-11(16)5-12(7-13)17(18)19/h2-7H,8H2,1H3. The molecule has 6 heteroatoms. The molecule has 2 aromatic rings. The summed E-state index contributed by atoms with van der Waals surface area (Å²) >= 11 is 6.66. The zero-order valence-electron chi connectivity index (χ0n) is 10.6. The summed E-state index contributed by atoms with van der Waals surface area (Å²) in [5.41, 5.74) is 2.11. The fraction of sp³-hybridized carbons (Fsp3) is 0.143. The zero-order chi connectivity index (χ0) is 14.7. The minimum Gasteiger partial charge on any atom is -0.457 e. The summed E-state index contributed by atoms with van der Waals surface area (Å²) in [6.07, 6.45) is 0. The van der Waals surface area contributed by atoms with E-state index in [9.17, 15) is 10.1 Å². The molecule has 0 aliphatic carbocycles. The first kappa shape index (κ1) is 15.0. The van der Waals surface area contributed by atoms with Crippen LogP contribution in [0, 0.1) is 17.0 Å². The molecule has 0 fully saturated rings. The van der Waals surface area contributed by atoms with E-state index in [2.05, 4.69) is 31.9 Å². The topological polar surface area (TPSA) is 52.4 Å². The molecular formula is C14H11Br2NO3. The molecule has 0 aliphatic heterocycles. The predicted molar refractivity (Wildman–Crippen MR) is 84.7 cm³/mol. The Kier molecular flexibility index (Phi) is 4.77. The van der Waals surface area contributed by atoms with Gasteiger partial charge in [0.05, 0.1) is 11.0 Å². The van der Waals surface area contributed by atoms with Crippen molar-refractivity contribution in [2.75, 3.05) is 0 Å². The van der Waals surface area contributed by atoms with Gasteiger partial charge in [-0.25, -0.2) is 0 Å². The molecule has 0 bridgehead atoms. The number of alkyl halides is 1. The van der Waals surface area contributed by atoms with Crippen LogP contribution < -0.4 is 4.74 Å². The molecule has 4 nitrogen and oxygen atoms in total. The molecule has 104 valence electrons. The van der Waals surface area contributed by atoms with Gasteiger partial charge in [-0.05, 0) is 19.1 Å². The first-order chi connectivity index (χ1) is 9.49. The van der Waals surface area contributed by atoms with Crippen LogP contribution in [-0.2, 0) is 5.33 Å². The minimum absolute atomic E-state index is 0.0121. The fourth-order valence-electron chi connectivity index (χ4n) is 1.75. The Morgan fingerprint density at radius 3 is 2.65 bits per heavy atom. The lowest BCUT2D eigenvalue weighted by Gasteiger charge is -2.10. The van der Waals surface area contributed by atoms with Gasteiger partial charge in [-0.3, -0.25) is 10.1 Å². The van der Waals surface area contributed by atoms with E-state index in [0.717, 1.165) is 11.1 Å². The number of nitrogens with zero attached hydrogens (tertiary/aromatic N) is 1. The second-order valence-corrected chi connectivity index (χ2v) is 5.73. The molecule has 0 saturated heterocycles. The number of rotatable bonds is 4. The Bertz CT molecular complexity index is 659. The molecule has 0 spiro atoms. The summed E-state index contributed by atoms with van der Waals surface area (Å²) in [5, 5.41) is 11.5. The van der Waals surface area contributed by atoms with E-state index in [1.807, 2.05) is 25.1 Å². The largest absolute Gasteiger partial charge is 0.457 e. The predicted octanol–water partition coefficient (Wildman–Crippen LogP) is 5.35. The maximum atomic E-state index is 10.8. The van der Waals surface area contributed by atoms with E-state index in [4.69, 9.17) is 4.74 Å². The number of halogens is 2. The third-order valence-corrected chi connectivity index (χ3v) is 3.72. The van der Waals surface area contributed by atoms with Gasteiger partial charge in [-0.15, -0.1) is 0 Å². The highest BCUT2D eigenvalue weighted by Gasteiger charge is 2.11. The first-order valence-corrected chi connectivity index (χ1v) is 7.69. The van der Waals surface area contributed by atoms with E-state index in [-0.39, 0.29) is 5.69 Å². The highest BCUT2D eigenvalue weighted by Crippen LogP contribution is 2.32. The molecule has 0 aliphatic rings. The number of nitro benzene ring substituents is 1. The SMILES string of the molecule is Cc1ccc(Oc2cc(Br)cc([N+](=O)[O-])c2)c(CBr)c1. The van der Waals surface area contributed by atoms with Crippen LogP contribution in [0.4, 0.5) is 5.69 Å². The molecule has 0 heterocycles. The van der Waals surface area contributed by atoms with Crippen LogP contribution in [0.25, 0.3) is 0 Å². The van der Waals surface area contributed by atoms with Gasteiger partial charge in [-0.2, -0.15) is 0 Å². The molecule has 0 saturated carbocycles. The van der Waals surface area contributed by atoms with Crippen molar-refractivity contribution in [1.82, 2.24) is 0 Å². The van der Waals surface area contributed by atoms with Crippen molar-refractivity contribution in [2.45, 2.75) is 12.3 Å². The lowest BCUT2D eigenvalue weighted by atomic mass is 10.1. The summed E-state index contributed by atoms with van der Waals surface area (Å²) in [5.74, 6) is 1.11. The van der Waals surface area contributed by atoms with Crippen molar-refractivity contribution in [3.63, 3.8) is 0 Å². The highest BCUT2D eigenvalue weighted by atomic mass is 79.9. The van der Waals surface area contributed by atoms with Crippen LogP contribution >= 0.6 is 31.9 Å². The van der Waals surface area contributed by atoms with Crippen molar-refractivity contribution in [1.29, 1.82) is 0 Å². The Hall–Kier alpha value is -1.40. The second-order valence-electron chi connectivity index (χ2n) is 4.25. The van der Waals surface area contributed by atoms with E-state index < -0.39 is 4.92 Å². The van der Waals surface area contributed by atoms with E-state index >= 15 is 0 Å². The van der Waals surface area contributed by atoms with Gasteiger partial charge in [0.25, 0.3) is 5.69 Å². The molecule has 0 aromatic heterocycles. The lowest BCUT2D eigenvalue weighted by Crippen LogP contribution is -1.93. The number of ether oxygens (including phenoxy) is 1. The number of hydrogen-bond donors (Lipinski definition) is 0. The van der Waals surface area contributed by atoms with Crippen LogP contribution in [0.3, 0.4) is 0 Å². The minimum atomic E-state index is -0.446. The van der Waals surface area contributed by atoms with E-state index in [1.165, 1.54) is 12.1 Å². The van der Waals surface area contributed by atoms with Crippen molar-refractivity contribution < 1.29 is 9.66 Å². The number of hydrogen-bond acceptors (Lipinski definition) is 3. The fourth-order valence-corrected chi connectivity index (χ4v) is 2.65. The van der Waals surface area contributed by atoms with Crippen molar-refractivity contribution >= 4 is 37.5 Å². The summed E-state index contributed by atoms with van der Waals surface area (Å²) in [7, 11) is 0. The third-order valence-electron chi connectivity index (χ3n) is 2.65. The highest BCUT2D eigenvalue weighted by molar-refractivity contribution is 9.10. The molecule has 0 amide bonds. The van der Waals surface area contributed by atoms with E-state index in [1.54, 1.807) is 6.07 Å². The Labute approximate surface area is 133 Å². The maximum absolute atomic E-state index is 10.8. The second kappa shape index (κ2) is 6.37. The summed E-state index contributed by atoms with van der Waals surface area (Å²) in [4.78, 5) is 10.4. The zero-order valence-corrected chi connectivity index (χ0v) is 13.8. The van der Waals surface area contributed by atoms with Crippen LogP contribution in [0.5, 0.6) is 11.5 Å². The smallest absolute Gasteiger partial charge is 0.274 e. The Balaban J connectivity index is 2.37. The van der Waals surface area contributed by atoms with Crippen LogP contribution in [0.1, 0.15) is 11.1 Å². The van der Waals surface area contributed by atoms with Gasteiger partial charge in [0, 0.05) is 21.4 Å². The molecule has 0 atom stereocenters. The molecular weight excluding hydrogens is 390 g/mol. The van der Waals surface area contributed by atoms with Gasteiger partial charge in [0.2, 0.25) is 0 Å². The van der Waals surface area contributed by atoms with E-state index in [0.29, 0.717) is 21.3 Å². The average molecular weight is 401 g/mol. The summed E-state index contributed by atoms with van der Waals surface area (Å²) in [6.45, 7) is 2.00. The number of non-ortho nitro benzene ring substituents is 1. The maximum Gasteiger partial charge on any atom is 0.274 e. The summed E-state index contributed by atoms with van der Waals surface area (Å²) in [6, 6.07) is 10.4. The Morgan fingerprint density at radius 1 is 1.25 bits per heavy atom. The van der Waals surface area contributed by atoms with Crippen molar-refractivity contribution in [3.05, 3.63) is 62.1 Å². The van der Waals surface area contributed by atoms with Gasteiger partial charge in [0.1, 0.15) is 11.5 Å². The normalized spacial score (nSPS) is 10.3. The monoisotopic (exact) mass is 399 g/mol. The molecule has 0 radical (unpaired) electrons. The molecule has 0 unspecified atom stereocenters. The van der Waals surface area contributed by atoms with Crippen LogP contribution in [0.2, 0.25) is 0 Å². The third kappa shape index (κ3) is 3.58. The van der Waals surface area contributed by atoms with Crippen molar-refractivity contribution in [3.8, 4) is 11.5 Å². The van der Waals surface area contributed by atoms with Gasteiger partial charge in [-0.1, -0.05) is 49.6 Å². The Morgan fingerprint density at radius 2 is 2.00 bits per heavy atom. The summed E-state index contributed by atoms with van der Waals surface area (Å²) < 4.78 is 6.37. The van der Waals surface area contributed by atoms with Crippen LogP contribution in [0.15, 0.2) is 40.9 Å². The van der Waals surface area contributed by atoms with Gasteiger partial charge < -0.3 is 4.74 Å². The number of benzene rings is 2. The number of aryl methyl sites for hydroxylation is 1. The molecule has 2 rings (SSSR count). The quantitative estimate of drug-likeness (QED) is 0.394. The average Bonchev–Trinajstić information content (AvgIpc) is 2.40. The van der Waals surface area contributed by atoms with Gasteiger partial charge in [0.15, 0.2) is 0 Å². The first-order valence-electron chi connectivity index (χ1n) is 5.78. The molecule has 20 heavy (non-hydrogen) atoms. The van der Waals surface area contributed by atoms with Crippen molar-refractivity contribution in [2.24, 2.45) is 0 Å². The molecule has 2 aromatic carbocycles. The number of nitro groups is 1. The van der Waals surface area contributed by atoms with Crippen LogP contribution in [-0.4, -0.2) is 4.92 Å². The van der Waals surface area contributed by atoms with Gasteiger partial charge >= 0.3 is 0 Å². The molecule has 0 N–H and O–H groups in total. The lowest BCUT2D eigenvalue weighted by molar-refractivity contribution is -0.385.